The molecule has 234 valence electrons. The quantitative estimate of drug-likeness (QED) is 0.136. The smallest absolute Gasteiger partial charge is 0.305 e. The first-order valence-corrected chi connectivity index (χ1v) is 16.9. The molecule has 44 heavy (non-hydrogen) atoms. The van der Waals surface area contributed by atoms with E-state index in [4.69, 9.17) is 19.4 Å². The molecule has 3 aromatic heterocycles. The van der Waals surface area contributed by atoms with Crippen molar-refractivity contribution in [2.75, 3.05) is 19.0 Å². The van der Waals surface area contributed by atoms with Crippen molar-refractivity contribution in [3.05, 3.63) is 69.3 Å². The highest BCUT2D eigenvalue weighted by Crippen LogP contribution is 2.42. The first kappa shape index (κ1) is 32.2. The van der Waals surface area contributed by atoms with E-state index in [0.29, 0.717) is 19.4 Å². The van der Waals surface area contributed by atoms with Crippen molar-refractivity contribution in [3.8, 4) is 0 Å². The standard InChI is InChI=1S/C36H45BrN4O3/c1-9-25-20(3)29-18-33-35(24(7)44-14-10-13-37)22(5)31(40-33)17-30-21(4)26(11-12-34(42)43-8)36(41-30)23(6)28-15-19(2)27(38-28)16-32(25)39-29/h15-18,21,24,26,38,40H,9-14H2,1-8H3/t21-,24?,26-/m0/s1. The third kappa shape index (κ3) is 6.16. The summed E-state index contributed by atoms with van der Waals surface area (Å²) < 4.78 is 11.3. The molecular weight excluding hydrogens is 616 g/mol. The zero-order valence-electron chi connectivity index (χ0n) is 27.3. The molecule has 0 saturated carbocycles. The van der Waals surface area contributed by atoms with Crippen molar-refractivity contribution in [1.82, 2.24) is 19.9 Å². The molecule has 2 aliphatic rings. The molecule has 3 aromatic rings. The van der Waals surface area contributed by atoms with E-state index in [2.05, 4.69) is 98.6 Å². The van der Waals surface area contributed by atoms with Crippen LogP contribution in [0.25, 0.3) is 33.2 Å². The van der Waals surface area contributed by atoms with E-state index in [9.17, 15) is 4.79 Å². The minimum atomic E-state index is -0.194. The predicted molar refractivity (Wildman–Crippen MR) is 183 cm³/mol. The van der Waals surface area contributed by atoms with Crippen molar-refractivity contribution in [2.45, 2.75) is 92.1 Å². The van der Waals surface area contributed by atoms with E-state index >= 15 is 0 Å². The zero-order valence-corrected chi connectivity index (χ0v) is 28.9. The van der Waals surface area contributed by atoms with E-state index in [1.54, 1.807) is 0 Å². The van der Waals surface area contributed by atoms with E-state index in [-0.39, 0.29) is 23.9 Å². The van der Waals surface area contributed by atoms with E-state index in [0.717, 1.165) is 85.3 Å². The largest absolute Gasteiger partial charge is 0.469 e. The Morgan fingerprint density at radius 1 is 0.977 bits per heavy atom. The molecule has 7 nitrogen and oxygen atoms in total. The first-order valence-electron chi connectivity index (χ1n) is 15.7. The number of carbonyl (C=O) groups is 1. The highest BCUT2D eigenvalue weighted by molar-refractivity contribution is 9.09. The number of hydrogen-bond donors (Lipinski definition) is 2. The van der Waals surface area contributed by atoms with Gasteiger partial charge in [-0.25, -0.2) is 4.98 Å². The Morgan fingerprint density at radius 3 is 2.39 bits per heavy atom. The van der Waals surface area contributed by atoms with Crippen LogP contribution in [-0.4, -0.2) is 45.0 Å². The lowest BCUT2D eigenvalue weighted by Crippen LogP contribution is -2.08. The van der Waals surface area contributed by atoms with Gasteiger partial charge in [0.2, 0.25) is 0 Å². The second-order valence-electron chi connectivity index (χ2n) is 12.2. The maximum absolute atomic E-state index is 12.2. The number of allylic oxidation sites excluding steroid dienone is 2. The average molecular weight is 662 g/mol. The summed E-state index contributed by atoms with van der Waals surface area (Å²) in [4.78, 5) is 30.1. The van der Waals surface area contributed by atoms with Gasteiger partial charge in [0.05, 0.1) is 24.6 Å². The Bertz CT molecular complexity index is 1770. The minimum Gasteiger partial charge on any atom is -0.469 e. The van der Waals surface area contributed by atoms with Gasteiger partial charge in [-0.3, -0.25) is 9.78 Å². The molecule has 0 fully saturated rings. The molecule has 0 aromatic carbocycles. The molecule has 0 aliphatic carbocycles. The van der Waals surface area contributed by atoms with Gasteiger partial charge in [0.1, 0.15) is 0 Å². The van der Waals surface area contributed by atoms with Crippen molar-refractivity contribution < 1.29 is 14.3 Å². The van der Waals surface area contributed by atoms with Crippen LogP contribution in [0, 0.1) is 20.8 Å². The summed E-state index contributed by atoms with van der Waals surface area (Å²) in [6, 6.07) is 8.75. The molecule has 3 atom stereocenters. The van der Waals surface area contributed by atoms with Crippen LogP contribution in [-0.2, 0) is 14.3 Å². The van der Waals surface area contributed by atoms with Crippen LogP contribution in [0.2, 0.25) is 0 Å². The second-order valence-corrected chi connectivity index (χ2v) is 12.9. The van der Waals surface area contributed by atoms with E-state index < -0.39 is 0 Å². The average Bonchev–Trinajstić information content (AvgIpc) is 3.70. The van der Waals surface area contributed by atoms with Crippen LogP contribution < -0.4 is 0 Å². The second kappa shape index (κ2) is 13.4. The molecule has 0 saturated heterocycles. The van der Waals surface area contributed by atoms with Crippen LogP contribution in [0.5, 0.6) is 0 Å². The maximum Gasteiger partial charge on any atom is 0.305 e. The number of esters is 1. The third-order valence-electron chi connectivity index (χ3n) is 9.42. The van der Waals surface area contributed by atoms with Gasteiger partial charge in [-0.1, -0.05) is 29.8 Å². The highest BCUT2D eigenvalue weighted by Gasteiger charge is 2.31. The number of halogens is 1. The zero-order chi connectivity index (χ0) is 31.7. The van der Waals surface area contributed by atoms with Gasteiger partial charge < -0.3 is 19.4 Å². The van der Waals surface area contributed by atoms with Crippen molar-refractivity contribution >= 4 is 55.1 Å². The summed E-state index contributed by atoms with van der Waals surface area (Å²) in [5.74, 6) is 0.0225. The summed E-state index contributed by atoms with van der Waals surface area (Å²) in [7, 11) is 1.45. The number of hydrogen-bond acceptors (Lipinski definition) is 5. The van der Waals surface area contributed by atoms with Crippen molar-refractivity contribution in [2.24, 2.45) is 0 Å². The Morgan fingerprint density at radius 2 is 1.68 bits per heavy atom. The van der Waals surface area contributed by atoms with Gasteiger partial charge in [0, 0.05) is 69.2 Å². The molecule has 0 amide bonds. The molecule has 5 rings (SSSR count). The van der Waals surface area contributed by atoms with Crippen LogP contribution in [0.1, 0.15) is 116 Å². The number of alkyl halides is 1. The number of aromatic nitrogens is 4. The summed E-state index contributed by atoms with van der Waals surface area (Å²) in [6.45, 7) is 15.8. The maximum atomic E-state index is 12.2. The van der Waals surface area contributed by atoms with Crippen molar-refractivity contribution in [1.29, 1.82) is 0 Å². The lowest BCUT2D eigenvalue weighted by Gasteiger charge is -2.16. The van der Waals surface area contributed by atoms with Gasteiger partial charge in [-0.2, -0.15) is 0 Å². The Balaban J connectivity index is 1.84. The fourth-order valence-electron chi connectivity index (χ4n) is 6.71. The van der Waals surface area contributed by atoms with Crippen LogP contribution >= 0.6 is 15.9 Å². The number of fused-ring (bicyclic) bond motifs is 8. The lowest BCUT2D eigenvalue weighted by atomic mass is 9.86. The summed E-state index contributed by atoms with van der Waals surface area (Å²) in [6.07, 6.45) is 2.77. The Kier molecular flexibility index (Phi) is 9.80. The fraction of sp³-hybridized carbons (Fsp3) is 0.472. The molecule has 2 aliphatic heterocycles. The SMILES string of the molecule is CCC1=C(C)c2cc3[nH]c(cc4nc(c(C)c5cc(C)c(cc1n2)[nH]5)[C@@H](CCC(=O)OC)[C@@H]4C)c(C)c3C(C)OCCCBr. The minimum absolute atomic E-state index is 0.0903. The number of carbonyl (C=O) groups excluding carboxylic acids is 1. The number of aromatic amines is 2. The van der Waals surface area contributed by atoms with Gasteiger partial charge in [0.15, 0.2) is 0 Å². The van der Waals surface area contributed by atoms with Gasteiger partial charge in [-0.05, 0) is 106 Å². The lowest BCUT2D eigenvalue weighted by molar-refractivity contribution is -0.140. The number of ether oxygens (including phenoxy) is 2. The number of rotatable bonds is 9. The van der Waals surface area contributed by atoms with Crippen LogP contribution in [0.4, 0.5) is 0 Å². The topological polar surface area (TPSA) is 92.9 Å². The summed E-state index contributed by atoms with van der Waals surface area (Å²) >= 11 is 3.52. The highest BCUT2D eigenvalue weighted by atomic mass is 79.9. The predicted octanol–water partition coefficient (Wildman–Crippen LogP) is 9.28. The fourth-order valence-corrected chi connectivity index (χ4v) is 6.94. The van der Waals surface area contributed by atoms with Gasteiger partial charge >= 0.3 is 5.97 Å². The third-order valence-corrected chi connectivity index (χ3v) is 9.98. The number of H-pyrrole nitrogens is 2. The molecule has 1 unspecified atom stereocenters. The van der Waals surface area contributed by atoms with Crippen molar-refractivity contribution in [3.63, 3.8) is 0 Å². The summed E-state index contributed by atoms with van der Waals surface area (Å²) in [5, 5.41) is 0.908. The normalized spacial score (nSPS) is 17.3. The van der Waals surface area contributed by atoms with Crippen LogP contribution in [0.15, 0.2) is 24.3 Å². The number of nitrogens with zero attached hydrogens (tertiary/aromatic N) is 2. The monoisotopic (exact) mass is 660 g/mol. The first-order chi connectivity index (χ1) is 21.1. The number of aryl methyl sites for hydroxylation is 3. The molecule has 5 heterocycles. The molecule has 0 spiro atoms. The molecule has 8 heteroatoms. The number of methoxy groups -OCH3 is 1. The Hall–Kier alpha value is -3.23. The van der Waals surface area contributed by atoms with Gasteiger partial charge in [-0.15, -0.1) is 0 Å². The number of nitrogens with one attached hydrogen (secondary N) is 2. The van der Waals surface area contributed by atoms with Crippen LogP contribution in [0.3, 0.4) is 0 Å². The Labute approximate surface area is 269 Å². The molecular formula is C36H45BrN4O3. The molecule has 2 N–H and O–H groups in total. The molecule has 8 bridgehead atoms. The van der Waals surface area contributed by atoms with Gasteiger partial charge in [0.25, 0.3) is 0 Å². The summed E-state index contributed by atoms with van der Waals surface area (Å²) in [5.41, 5.74) is 15.1. The van der Waals surface area contributed by atoms with E-state index in [1.807, 2.05) is 0 Å². The van der Waals surface area contributed by atoms with E-state index in [1.165, 1.54) is 18.3 Å². The molecule has 0 radical (unpaired) electrons.